The van der Waals surface area contributed by atoms with Crippen molar-refractivity contribution in [2.24, 2.45) is 0 Å². The minimum absolute atomic E-state index is 0.477. The summed E-state index contributed by atoms with van der Waals surface area (Å²) in [6, 6.07) is 9.15. The lowest BCUT2D eigenvalue weighted by Crippen LogP contribution is -2.32. The molecule has 0 aromatic carbocycles. The van der Waals surface area contributed by atoms with Gasteiger partial charge in [-0.2, -0.15) is 0 Å². The largest absolute Gasteiger partial charge is 0.367 e. The van der Waals surface area contributed by atoms with Gasteiger partial charge in [0.05, 0.1) is 5.39 Å². The highest BCUT2D eigenvalue weighted by atomic mass is 32.1. The van der Waals surface area contributed by atoms with Crippen LogP contribution in [0.25, 0.3) is 10.2 Å². The van der Waals surface area contributed by atoms with Gasteiger partial charge in [-0.25, -0.2) is 15.0 Å². The van der Waals surface area contributed by atoms with Crippen LogP contribution in [0.5, 0.6) is 0 Å². The topological polar surface area (TPSA) is 62.7 Å². The molecule has 1 fully saturated rings. The number of rotatable bonds is 4. The molecule has 5 nitrogen and oxygen atoms in total. The number of fused-ring (bicyclic) bond motifs is 1. The summed E-state index contributed by atoms with van der Waals surface area (Å²) in [5.41, 5.74) is 0. The van der Waals surface area contributed by atoms with Crippen molar-refractivity contribution in [3.05, 3.63) is 41.7 Å². The molecular weight excluding hydrogens is 318 g/mol. The Hall–Kier alpha value is -2.21. The number of pyridine rings is 1. The van der Waals surface area contributed by atoms with Gasteiger partial charge in [-0.15, -0.1) is 11.3 Å². The molecule has 0 radical (unpaired) electrons. The van der Waals surface area contributed by atoms with E-state index in [1.807, 2.05) is 24.4 Å². The number of nitrogens with zero attached hydrogens (tertiary/aromatic N) is 3. The number of aromatic nitrogens is 3. The van der Waals surface area contributed by atoms with Crippen LogP contribution in [0.3, 0.4) is 0 Å². The van der Waals surface area contributed by atoms with Crippen molar-refractivity contribution in [2.75, 3.05) is 10.6 Å². The fourth-order valence-corrected chi connectivity index (χ4v) is 4.17. The lowest BCUT2D eigenvalue weighted by Gasteiger charge is -2.30. The summed E-state index contributed by atoms with van der Waals surface area (Å²) in [5.74, 6) is 1.95. The van der Waals surface area contributed by atoms with E-state index in [-0.39, 0.29) is 0 Å². The van der Waals surface area contributed by atoms with E-state index in [1.54, 1.807) is 17.7 Å². The van der Waals surface area contributed by atoms with E-state index in [9.17, 15) is 0 Å². The average Bonchev–Trinajstić information content (AvgIpc) is 2.99. The number of hydrogen-bond acceptors (Lipinski definition) is 6. The molecule has 0 spiro atoms. The first-order valence-corrected chi connectivity index (χ1v) is 9.25. The molecule has 1 aliphatic carbocycles. The predicted molar refractivity (Wildman–Crippen MR) is 99.7 cm³/mol. The van der Waals surface area contributed by atoms with E-state index in [4.69, 9.17) is 0 Å². The van der Waals surface area contributed by atoms with Crippen LogP contribution in [0.15, 0.2) is 36.8 Å². The molecule has 0 aliphatic heterocycles. The van der Waals surface area contributed by atoms with Crippen molar-refractivity contribution < 1.29 is 0 Å². The minimum Gasteiger partial charge on any atom is -0.367 e. The summed E-state index contributed by atoms with van der Waals surface area (Å²) in [6.45, 7) is 2.12. The molecule has 3 aromatic heterocycles. The van der Waals surface area contributed by atoms with Gasteiger partial charge >= 0.3 is 0 Å². The summed E-state index contributed by atoms with van der Waals surface area (Å²) in [5, 5.41) is 8.32. The summed E-state index contributed by atoms with van der Waals surface area (Å²) < 4.78 is 0. The third-order valence-electron chi connectivity index (χ3n) is 4.54. The van der Waals surface area contributed by atoms with E-state index < -0.39 is 0 Å². The highest BCUT2D eigenvalue weighted by molar-refractivity contribution is 7.18. The van der Waals surface area contributed by atoms with Gasteiger partial charge < -0.3 is 10.6 Å². The molecule has 124 valence electrons. The Morgan fingerprint density at radius 3 is 2.54 bits per heavy atom. The Balaban J connectivity index is 1.37. The Labute approximate surface area is 145 Å². The Bertz CT molecular complexity index is 809. The van der Waals surface area contributed by atoms with Gasteiger partial charge in [0.15, 0.2) is 0 Å². The highest BCUT2D eigenvalue weighted by Crippen LogP contribution is 2.30. The van der Waals surface area contributed by atoms with Gasteiger partial charge in [0, 0.05) is 23.2 Å². The summed E-state index contributed by atoms with van der Waals surface area (Å²) in [6.07, 6.45) is 8.06. The predicted octanol–water partition coefficient (Wildman–Crippen LogP) is 4.23. The van der Waals surface area contributed by atoms with Crippen molar-refractivity contribution >= 4 is 33.2 Å². The van der Waals surface area contributed by atoms with Crippen molar-refractivity contribution in [3.8, 4) is 0 Å². The first-order valence-electron chi connectivity index (χ1n) is 8.43. The molecule has 0 bridgehead atoms. The van der Waals surface area contributed by atoms with Crippen LogP contribution < -0.4 is 10.6 Å². The summed E-state index contributed by atoms with van der Waals surface area (Å²) in [7, 11) is 0. The van der Waals surface area contributed by atoms with Crippen molar-refractivity contribution in [1.82, 2.24) is 15.0 Å². The van der Waals surface area contributed by atoms with E-state index in [0.29, 0.717) is 12.1 Å². The van der Waals surface area contributed by atoms with E-state index >= 15 is 0 Å². The van der Waals surface area contributed by atoms with Gasteiger partial charge in [-0.3, -0.25) is 0 Å². The molecule has 6 heteroatoms. The maximum absolute atomic E-state index is 4.46. The number of aryl methyl sites for hydroxylation is 1. The fourth-order valence-electron chi connectivity index (χ4n) is 3.32. The van der Waals surface area contributed by atoms with Crippen LogP contribution >= 0.6 is 11.3 Å². The molecular formula is C18H21N5S. The molecule has 0 amide bonds. The minimum atomic E-state index is 0.477. The van der Waals surface area contributed by atoms with Gasteiger partial charge in [0.2, 0.25) is 0 Å². The van der Waals surface area contributed by atoms with Crippen LogP contribution in [0.2, 0.25) is 0 Å². The number of thiophene rings is 1. The van der Waals surface area contributed by atoms with Crippen LogP contribution in [0.1, 0.15) is 30.6 Å². The summed E-state index contributed by atoms with van der Waals surface area (Å²) in [4.78, 5) is 15.5. The van der Waals surface area contributed by atoms with E-state index in [0.717, 1.165) is 47.5 Å². The molecule has 2 N–H and O–H groups in total. The fraction of sp³-hybridized carbons (Fsp3) is 0.389. The zero-order chi connectivity index (χ0) is 16.4. The second kappa shape index (κ2) is 6.73. The zero-order valence-electron chi connectivity index (χ0n) is 13.7. The van der Waals surface area contributed by atoms with Crippen molar-refractivity contribution in [3.63, 3.8) is 0 Å². The molecule has 0 saturated heterocycles. The molecule has 0 unspecified atom stereocenters. The Morgan fingerprint density at radius 1 is 1.00 bits per heavy atom. The monoisotopic (exact) mass is 339 g/mol. The second-order valence-corrected chi connectivity index (χ2v) is 7.59. The maximum atomic E-state index is 4.46. The van der Waals surface area contributed by atoms with Crippen LogP contribution in [0.4, 0.5) is 11.6 Å². The molecule has 3 heterocycles. The van der Waals surface area contributed by atoms with Crippen molar-refractivity contribution in [1.29, 1.82) is 0 Å². The zero-order valence-corrected chi connectivity index (χ0v) is 14.5. The van der Waals surface area contributed by atoms with Gasteiger partial charge in [-0.1, -0.05) is 6.07 Å². The smallest absolute Gasteiger partial charge is 0.138 e. The van der Waals surface area contributed by atoms with Crippen LogP contribution in [0, 0.1) is 6.92 Å². The Morgan fingerprint density at radius 2 is 1.79 bits per heavy atom. The highest BCUT2D eigenvalue weighted by Gasteiger charge is 2.22. The number of anilines is 2. The van der Waals surface area contributed by atoms with E-state index in [1.165, 1.54) is 4.88 Å². The Kier molecular flexibility index (Phi) is 4.30. The van der Waals surface area contributed by atoms with Crippen molar-refractivity contribution in [2.45, 2.75) is 44.7 Å². The van der Waals surface area contributed by atoms with E-state index in [2.05, 4.69) is 38.6 Å². The van der Waals surface area contributed by atoms with Crippen LogP contribution in [-0.4, -0.2) is 27.0 Å². The molecule has 1 aliphatic rings. The number of nitrogens with one attached hydrogen (secondary N) is 2. The lowest BCUT2D eigenvalue weighted by atomic mass is 9.91. The standard InChI is InChI=1S/C18H21N5S/c1-12-10-15-17(20-11-21-18(15)24-12)23-14-7-5-13(6-8-14)22-16-4-2-3-9-19-16/h2-4,9-11,13-14H,5-8H2,1H3,(H,19,22)(H,20,21,23). The summed E-state index contributed by atoms with van der Waals surface area (Å²) >= 11 is 1.72. The first-order chi connectivity index (χ1) is 11.8. The second-order valence-electron chi connectivity index (χ2n) is 6.35. The normalized spacial score (nSPS) is 20.9. The molecule has 24 heavy (non-hydrogen) atoms. The maximum Gasteiger partial charge on any atom is 0.138 e. The SMILES string of the molecule is Cc1cc2c(NC3CCC(Nc4ccccn4)CC3)ncnc2s1. The van der Waals surface area contributed by atoms with Gasteiger partial charge in [0.25, 0.3) is 0 Å². The van der Waals surface area contributed by atoms with Gasteiger partial charge in [0.1, 0.15) is 22.8 Å². The van der Waals surface area contributed by atoms with Gasteiger partial charge in [-0.05, 0) is 50.8 Å². The lowest BCUT2D eigenvalue weighted by molar-refractivity contribution is 0.428. The third kappa shape index (κ3) is 3.33. The average molecular weight is 339 g/mol. The molecule has 3 aromatic rings. The quantitative estimate of drug-likeness (QED) is 0.745. The molecule has 0 atom stereocenters. The number of hydrogen-bond donors (Lipinski definition) is 2. The van der Waals surface area contributed by atoms with Crippen LogP contribution in [-0.2, 0) is 0 Å². The third-order valence-corrected chi connectivity index (χ3v) is 5.50. The molecule has 1 saturated carbocycles. The molecule has 4 rings (SSSR count). The first kappa shape index (κ1) is 15.3.